The van der Waals surface area contributed by atoms with Crippen molar-refractivity contribution >= 4 is 34.1 Å². The zero-order chi connectivity index (χ0) is 20.4. The summed E-state index contributed by atoms with van der Waals surface area (Å²) >= 11 is 3.11. The van der Waals surface area contributed by atoms with Crippen LogP contribution in [0.2, 0.25) is 0 Å². The molecule has 7 heteroatoms. The molecule has 1 N–H and O–H groups in total. The van der Waals surface area contributed by atoms with Gasteiger partial charge < -0.3 is 9.73 Å². The van der Waals surface area contributed by atoms with Crippen LogP contribution in [-0.4, -0.2) is 15.9 Å². The largest absolute Gasteiger partial charge is 0.444 e. The number of hydrogen-bond acceptors (Lipinski definition) is 6. The molecule has 1 amide bonds. The van der Waals surface area contributed by atoms with E-state index in [4.69, 9.17) is 4.42 Å². The number of carbonyl (C=O) groups excluding carboxylic acids is 1. The fourth-order valence-corrected chi connectivity index (χ4v) is 5.21. The second-order valence-corrected chi connectivity index (χ2v) is 10.7. The van der Waals surface area contributed by atoms with E-state index in [0.29, 0.717) is 29.1 Å². The highest BCUT2D eigenvalue weighted by molar-refractivity contribution is 8.00. The molecule has 0 fully saturated rings. The predicted molar refractivity (Wildman–Crippen MR) is 117 cm³/mol. The molecule has 1 aliphatic carbocycles. The molecule has 152 valence electrons. The Kier molecular flexibility index (Phi) is 5.79. The molecule has 1 aromatic carbocycles. The standard InChI is InChI=1S/C22H25N3O2S2/c1-22(2,3)17-11-23-19(27-17)13-28-20-12-24-21(29-20)25-18(26)10-14-8-15-6-4-5-7-16(15)9-14/h4-7,11-12,14H,8-10,13H2,1-3H3,(H,24,25,26). The molecule has 1 aliphatic rings. The van der Waals surface area contributed by atoms with Gasteiger partial charge in [-0.1, -0.05) is 56.4 Å². The van der Waals surface area contributed by atoms with Crippen LogP contribution in [0.3, 0.4) is 0 Å². The first-order valence-electron chi connectivity index (χ1n) is 9.77. The fourth-order valence-electron chi connectivity index (χ4n) is 3.47. The van der Waals surface area contributed by atoms with Gasteiger partial charge in [-0.25, -0.2) is 9.97 Å². The summed E-state index contributed by atoms with van der Waals surface area (Å²) in [4.78, 5) is 21.1. The zero-order valence-electron chi connectivity index (χ0n) is 16.9. The van der Waals surface area contributed by atoms with Crippen LogP contribution in [0.15, 0.2) is 45.3 Å². The number of thiazole rings is 1. The van der Waals surface area contributed by atoms with Crippen molar-refractivity contribution in [3.63, 3.8) is 0 Å². The molecule has 0 aliphatic heterocycles. The van der Waals surface area contributed by atoms with E-state index < -0.39 is 0 Å². The number of oxazole rings is 1. The van der Waals surface area contributed by atoms with E-state index in [1.165, 1.54) is 22.5 Å². The lowest BCUT2D eigenvalue weighted by molar-refractivity contribution is -0.117. The Balaban J connectivity index is 1.26. The molecular formula is C22H25N3O2S2. The summed E-state index contributed by atoms with van der Waals surface area (Å²) in [5.74, 6) is 2.66. The maximum Gasteiger partial charge on any atom is 0.226 e. The quantitative estimate of drug-likeness (QED) is 0.529. The first-order chi connectivity index (χ1) is 13.9. The maximum atomic E-state index is 12.4. The van der Waals surface area contributed by atoms with Gasteiger partial charge in [0.15, 0.2) is 5.13 Å². The maximum absolute atomic E-state index is 12.4. The molecule has 0 saturated heterocycles. The first kappa shape index (κ1) is 20.2. The second-order valence-electron chi connectivity index (χ2n) is 8.44. The molecule has 2 aromatic heterocycles. The molecule has 0 atom stereocenters. The summed E-state index contributed by atoms with van der Waals surface area (Å²) in [6.07, 6.45) is 6.09. The lowest BCUT2D eigenvalue weighted by Gasteiger charge is -2.12. The smallest absolute Gasteiger partial charge is 0.226 e. The van der Waals surface area contributed by atoms with Crippen molar-refractivity contribution in [3.8, 4) is 0 Å². The van der Waals surface area contributed by atoms with Gasteiger partial charge >= 0.3 is 0 Å². The Bertz CT molecular complexity index is 978. The summed E-state index contributed by atoms with van der Waals surface area (Å²) in [7, 11) is 0. The van der Waals surface area contributed by atoms with Crippen LogP contribution < -0.4 is 5.32 Å². The minimum absolute atomic E-state index is 0.0382. The molecule has 0 saturated carbocycles. The van der Waals surface area contributed by atoms with E-state index in [0.717, 1.165) is 22.8 Å². The SMILES string of the molecule is CC(C)(C)c1cnc(CSc2cnc(NC(=O)CC3Cc4ccccc4C3)s2)o1. The van der Waals surface area contributed by atoms with Crippen LogP contribution in [0.4, 0.5) is 5.13 Å². The molecule has 0 unspecified atom stereocenters. The third kappa shape index (κ3) is 5.08. The van der Waals surface area contributed by atoms with Crippen molar-refractivity contribution in [1.29, 1.82) is 0 Å². The van der Waals surface area contributed by atoms with Crippen molar-refractivity contribution in [3.05, 3.63) is 59.4 Å². The normalized spacial score (nSPS) is 14.2. The van der Waals surface area contributed by atoms with E-state index in [1.54, 1.807) is 24.2 Å². The molecule has 0 bridgehead atoms. The fraction of sp³-hybridized carbons (Fsp3) is 0.409. The van der Waals surface area contributed by atoms with Gasteiger partial charge in [0.1, 0.15) is 5.76 Å². The molecular weight excluding hydrogens is 402 g/mol. The van der Waals surface area contributed by atoms with Gasteiger partial charge in [0.05, 0.1) is 22.4 Å². The molecule has 0 spiro atoms. The summed E-state index contributed by atoms with van der Waals surface area (Å²) in [5.41, 5.74) is 2.71. The molecule has 29 heavy (non-hydrogen) atoms. The Labute approximate surface area is 179 Å². The van der Waals surface area contributed by atoms with E-state index in [9.17, 15) is 4.79 Å². The van der Waals surface area contributed by atoms with Crippen LogP contribution in [0.5, 0.6) is 0 Å². The van der Waals surface area contributed by atoms with Gasteiger partial charge in [-0.15, -0.1) is 11.8 Å². The highest BCUT2D eigenvalue weighted by atomic mass is 32.2. The Morgan fingerprint density at radius 3 is 2.59 bits per heavy atom. The third-order valence-electron chi connectivity index (χ3n) is 4.97. The lowest BCUT2D eigenvalue weighted by atomic mass is 9.94. The van der Waals surface area contributed by atoms with Crippen LogP contribution in [0, 0.1) is 5.92 Å². The number of rotatable bonds is 6. The lowest BCUT2D eigenvalue weighted by Crippen LogP contribution is -2.16. The van der Waals surface area contributed by atoms with Crippen LogP contribution in [0.1, 0.15) is 50.0 Å². The van der Waals surface area contributed by atoms with Crippen molar-refractivity contribution in [2.45, 2.75) is 55.4 Å². The molecule has 2 heterocycles. The number of fused-ring (bicyclic) bond motifs is 1. The van der Waals surface area contributed by atoms with Crippen LogP contribution >= 0.6 is 23.1 Å². The van der Waals surface area contributed by atoms with Gasteiger partial charge in [0.2, 0.25) is 11.8 Å². The van der Waals surface area contributed by atoms with Crippen molar-refractivity contribution < 1.29 is 9.21 Å². The highest BCUT2D eigenvalue weighted by Crippen LogP contribution is 2.33. The van der Waals surface area contributed by atoms with Crippen molar-refractivity contribution in [1.82, 2.24) is 9.97 Å². The number of amides is 1. The van der Waals surface area contributed by atoms with Gasteiger partial charge in [-0.2, -0.15) is 0 Å². The summed E-state index contributed by atoms with van der Waals surface area (Å²) in [6.45, 7) is 6.31. The number of benzene rings is 1. The zero-order valence-corrected chi connectivity index (χ0v) is 18.5. The topological polar surface area (TPSA) is 68.0 Å². The van der Waals surface area contributed by atoms with E-state index in [1.807, 2.05) is 0 Å². The average Bonchev–Trinajstić information content (AvgIpc) is 3.38. The Morgan fingerprint density at radius 1 is 1.21 bits per heavy atom. The van der Waals surface area contributed by atoms with Gasteiger partial charge in [-0.05, 0) is 29.9 Å². The summed E-state index contributed by atoms with van der Waals surface area (Å²) in [6, 6.07) is 8.46. The van der Waals surface area contributed by atoms with E-state index >= 15 is 0 Å². The van der Waals surface area contributed by atoms with Gasteiger partial charge in [0.25, 0.3) is 0 Å². The molecule has 4 rings (SSSR count). The van der Waals surface area contributed by atoms with E-state index in [2.05, 4.69) is 60.3 Å². The monoisotopic (exact) mass is 427 g/mol. The van der Waals surface area contributed by atoms with Gasteiger partial charge in [0, 0.05) is 11.8 Å². The minimum atomic E-state index is -0.0431. The number of anilines is 1. The number of nitrogens with one attached hydrogen (secondary N) is 1. The van der Waals surface area contributed by atoms with Crippen molar-refractivity contribution in [2.24, 2.45) is 5.92 Å². The first-order valence-corrected chi connectivity index (χ1v) is 11.6. The third-order valence-corrected chi connectivity index (χ3v) is 7.06. The average molecular weight is 428 g/mol. The number of nitrogens with zero attached hydrogens (tertiary/aromatic N) is 2. The Morgan fingerprint density at radius 2 is 1.93 bits per heavy atom. The molecule has 0 radical (unpaired) electrons. The minimum Gasteiger partial charge on any atom is -0.444 e. The van der Waals surface area contributed by atoms with Crippen LogP contribution in [0.25, 0.3) is 0 Å². The summed E-state index contributed by atoms with van der Waals surface area (Å²) in [5, 5.41) is 3.60. The molecule has 3 aromatic rings. The summed E-state index contributed by atoms with van der Waals surface area (Å²) < 4.78 is 6.86. The number of carbonyl (C=O) groups is 1. The number of aromatic nitrogens is 2. The van der Waals surface area contributed by atoms with Gasteiger partial charge in [-0.3, -0.25) is 4.79 Å². The number of hydrogen-bond donors (Lipinski definition) is 1. The molecule has 5 nitrogen and oxygen atoms in total. The van der Waals surface area contributed by atoms with Crippen LogP contribution in [-0.2, 0) is 28.8 Å². The van der Waals surface area contributed by atoms with E-state index in [-0.39, 0.29) is 11.3 Å². The van der Waals surface area contributed by atoms with Crippen molar-refractivity contribution in [2.75, 3.05) is 5.32 Å². The Hall–Kier alpha value is -2.12. The highest BCUT2D eigenvalue weighted by Gasteiger charge is 2.23. The number of thioether (sulfide) groups is 1. The predicted octanol–water partition coefficient (Wildman–Crippen LogP) is 5.46. The second kappa shape index (κ2) is 8.32.